The summed E-state index contributed by atoms with van der Waals surface area (Å²) in [6, 6.07) is 7.36. The summed E-state index contributed by atoms with van der Waals surface area (Å²) < 4.78 is 4.97. The number of carbonyl (C=O) groups excluding carboxylic acids is 1. The van der Waals surface area contributed by atoms with E-state index in [1.807, 2.05) is 23.7 Å². The van der Waals surface area contributed by atoms with Gasteiger partial charge >= 0.3 is 5.97 Å². The molecule has 0 aliphatic rings. The molecule has 0 saturated heterocycles. The van der Waals surface area contributed by atoms with E-state index in [1.54, 1.807) is 47.9 Å². The van der Waals surface area contributed by atoms with Gasteiger partial charge in [-0.3, -0.25) is 0 Å². The van der Waals surface area contributed by atoms with Gasteiger partial charge in [-0.1, -0.05) is 12.1 Å². The largest absolute Gasteiger partial charge is 0.462 e. The number of benzene rings is 1. The quantitative estimate of drug-likeness (QED) is 0.680. The molecule has 2 aromatic heterocycles. The van der Waals surface area contributed by atoms with Crippen LogP contribution < -0.4 is 0 Å². The first kappa shape index (κ1) is 13.9. The van der Waals surface area contributed by atoms with Crippen molar-refractivity contribution in [1.29, 1.82) is 0 Å². The van der Waals surface area contributed by atoms with Crippen LogP contribution in [0.15, 0.2) is 42.0 Å². The highest BCUT2D eigenvalue weighted by atomic mass is 32.1. The average molecular weight is 316 g/mol. The minimum Gasteiger partial charge on any atom is -0.462 e. The Bertz CT molecular complexity index is 733. The number of carbonyl (C=O) groups is 1. The van der Waals surface area contributed by atoms with Crippen LogP contribution in [-0.2, 0) is 4.74 Å². The molecule has 106 valence electrons. The summed E-state index contributed by atoms with van der Waals surface area (Å²) in [5.41, 5.74) is 1.59. The first-order valence-corrected chi connectivity index (χ1v) is 8.11. The Morgan fingerprint density at radius 2 is 2.00 bits per heavy atom. The predicted octanol–water partition coefficient (Wildman–Crippen LogP) is 4.11. The van der Waals surface area contributed by atoms with Crippen LogP contribution in [0.1, 0.15) is 17.3 Å². The maximum atomic E-state index is 11.6. The Balaban J connectivity index is 1.83. The second-order valence-electron chi connectivity index (χ2n) is 4.16. The van der Waals surface area contributed by atoms with Crippen LogP contribution >= 0.6 is 22.7 Å². The normalized spacial score (nSPS) is 10.5. The Morgan fingerprint density at radius 1 is 1.19 bits per heavy atom. The van der Waals surface area contributed by atoms with Gasteiger partial charge in [0.2, 0.25) is 0 Å². The molecule has 3 rings (SSSR count). The van der Waals surface area contributed by atoms with Crippen molar-refractivity contribution in [1.82, 2.24) is 9.97 Å². The fourth-order valence-corrected chi connectivity index (χ4v) is 3.43. The first-order valence-electron chi connectivity index (χ1n) is 6.41. The molecular formula is C15H12N2O2S2. The lowest BCUT2D eigenvalue weighted by molar-refractivity contribution is 0.0526. The van der Waals surface area contributed by atoms with Crippen molar-refractivity contribution in [2.75, 3.05) is 6.61 Å². The smallest absolute Gasteiger partial charge is 0.338 e. The van der Waals surface area contributed by atoms with E-state index in [0.29, 0.717) is 12.2 Å². The van der Waals surface area contributed by atoms with Crippen molar-refractivity contribution in [2.45, 2.75) is 6.92 Å². The number of esters is 1. The van der Waals surface area contributed by atoms with Crippen LogP contribution in [0.4, 0.5) is 0 Å². The van der Waals surface area contributed by atoms with Crippen molar-refractivity contribution in [3.8, 4) is 20.5 Å². The summed E-state index contributed by atoms with van der Waals surface area (Å²) in [6.07, 6.45) is 3.61. The van der Waals surface area contributed by atoms with E-state index in [1.165, 1.54) is 0 Å². The third-order valence-electron chi connectivity index (χ3n) is 2.80. The summed E-state index contributed by atoms with van der Waals surface area (Å²) in [6.45, 7) is 2.18. The minimum absolute atomic E-state index is 0.295. The van der Waals surface area contributed by atoms with Gasteiger partial charge in [0.05, 0.1) is 17.0 Å². The molecule has 0 unspecified atom stereocenters. The minimum atomic E-state index is -0.295. The summed E-state index contributed by atoms with van der Waals surface area (Å²) in [7, 11) is 0. The third kappa shape index (κ3) is 3.01. The molecule has 1 aromatic carbocycles. The van der Waals surface area contributed by atoms with Gasteiger partial charge in [0, 0.05) is 17.8 Å². The molecule has 0 atom stereocenters. The molecule has 6 heteroatoms. The number of rotatable bonds is 4. The Kier molecular flexibility index (Phi) is 4.08. The molecule has 0 N–H and O–H groups in total. The summed E-state index contributed by atoms with van der Waals surface area (Å²) in [5, 5.41) is 3.77. The van der Waals surface area contributed by atoms with E-state index in [9.17, 15) is 4.79 Å². The van der Waals surface area contributed by atoms with Crippen LogP contribution in [0.25, 0.3) is 20.5 Å². The molecule has 0 amide bonds. The summed E-state index contributed by atoms with van der Waals surface area (Å²) in [4.78, 5) is 21.3. The van der Waals surface area contributed by atoms with Gasteiger partial charge in [0.15, 0.2) is 10.0 Å². The van der Waals surface area contributed by atoms with Crippen LogP contribution in [0.3, 0.4) is 0 Å². The van der Waals surface area contributed by atoms with Gasteiger partial charge in [-0.2, -0.15) is 0 Å². The Labute approximate surface area is 130 Å². The van der Waals surface area contributed by atoms with E-state index in [4.69, 9.17) is 4.74 Å². The van der Waals surface area contributed by atoms with Crippen molar-refractivity contribution in [3.05, 3.63) is 47.6 Å². The fourth-order valence-electron chi connectivity index (χ4n) is 1.82. The molecule has 4 nitrogen and oxygen atoms in total. The van der Waals surface area contributed by atoms with E-state index in [-0.39, 0.29) is 5.97 Å². The molecule has 0 radical (unpaired) electrons. The van der Waals surface area contributed by atoms with Gasteiger partial charge in [-0.15, -0.1) is 22.7 Å². The van der Waals surface area contributed by atoms with Crippen molar-refractivity contribution in [2.24, 2.45) is 0 Å². The molecule has 0 aliphatic carbocycles. The molecule has 0 aliphatic heterocycles. The van der Waals surface area contributed by atoms with Crippen LogP contribution in [0.5, 0.6) is 0 Å². The monoisotopic (exact) mass is 316 g/mol. The first-order chi connectivity index (χ1) is 10.3. The van der Waals surface area contributed by atoms with E-state index in [0.717, 1.165) is 20.5 Å². The molecule has 0 bridgehead atoms. The lowest BCUT2D eigenvalue weighted by atomic mass is 10.1. The second-order valence-corrected chi connectivity index (χ2v) is 6.09. The average Bonchev–Trinajstić information content (AvgIpc) is 3.19. The van der Waals surface area contributed by atoms with Crippen molar-refractivity contribution < 1.29 is 9.53 Å². The number of hydrogen-bond donors (Lipinski definition) is 0. The Morgan fingerprint density at radius 3 is 2.67 bits per heavy atom. The lowest BCUT2D eigenvalue weighted by Crippen LogP contribution is -2.03. The second kappa shape index (κ2) is 6.15. The molecular weight excluding hydrogens is 304 g/mol. The third-order valence-corrected chi connectivity index (χ3v) is 4.76. The number of aromatic nitrogens is 2. The van der Waals surface area contributed by atoms with Gasteiger partial charge < -0.3 is 4.74 Å². The van der Waals surface area contributed by atoms with Gasteiger partial charge in [-0.25, -0.2) is 14.8 Å². The summed E-state index contributed by atoms with van der Waals surface area (Å²) in [5.74, 6) is -0.295. The molecule has 2 heterocycles. The van der Waals surface area contributed by atoms with Gasteiger partial charge in [-0.05, 0) is 24.6 Å². The maximum Gasteiger partial charge on any atom is 0.338 e. The van der Waals surface area contributed by atoms with Gasteiger partial charge in [0.25, 0.3) is 0 Å². The highest BCUT2D eigenvalue weighted by Gasteiger charge is 2.10. The van der Waals surface area contributed by atoms with Crippen LogP contribution in [0.2, 0.25) is 0 Å². The highest BCUT2D eigenvalue weighted by molar-refractivity contribution is 7.22. The predicted molar refractivity (Wildman–Crippen MR) is 84.6 cm³/mol. The zero-order chi connectivity index (χ0) is 14.7. The molecule has 3 aromatic rings. The van der Waals surface area contributed by atoms with Crippen LogP contribution in [-0.4, -0.2) is 22.5 Å². The van der Waals surface area contributed by atoms with E-state index < -0.39 is 0 Å². The SMILES string of the molecule is CCOC(=O)c1ccc(-c2cnc(-c3nccs3)s2)cc1. The molecule has 0 fully saturated rings. The topological polar surface area (TPSA) is 52.1 Å². The van der Waals surface area contributed by atoms with Crippen molar-refractivity contribution >= 4 is 28.6 Å². The summed E-state index contributed by atoms with van der Waals surface area (Å²) >= 11 is 3.16. The molecule has 0 saturated carbocycles. The standard InChI is InChI=1S/C15H12N2O2S2/c1-2-19-15(18)11-5-3-10(4-6-11)12-9-17-14(21-12)13-16-7-8-20-13/h3-9H,2H2,1H3. The molecule has 0 spiro atoms. The maximum absolute atomic E-state index is 11.6. The molecule has 21 heavy (non-hydrogen) atoms. The number of ether oxygens (including phenoxy) is 1. The number of thiazole rings is 2. The van der Waals surface area contributed by atoms with Crippen LogP contribution in [0, 0.1) is 0 Å². The highest BCUT2D eigenvalue weighted by Crippen LogP contribution is 2.32. The van der Waals surface area contributed by atoms with E-state index >= 15 is 0 Å². The fraction of sp³-hybridized carbons (Fsp3) is 0.133. The zero-order valence-electron chi connectivity index (χ0n) is 11.3. The lowest BCUT2D eigenvalue weighted by Gasteiger charge is -2.02. The van der Waals surface area contributed by atoms with Gasteiger partial charge in [0.1, 0.15) is 0 Å². The number of hydrogen-bond acceptors (Lipinski definition) is 6. The zero-order valence-corrected chi connectivity index (χ0v) is 12.9. The number of nitrogens with zero attached hydrogens (tertiary/aromatic N) is 2. The van der Waals surface area contributed by atoms with Crippen molar-refractivity contribution in [3.63, 3.8) is 0 Å². The van der Waals surface area contributed by atoms with E-state index in [2.05, 4.69) is 9.97 Å². The Hall–Kier alpha value is -2.05.